The molecule has 8 nitrogen and oxygen atoms in total. The first-order chi connectivity index (χ1) is 10.5. The second kappa shape index (κ2) is 5.50. The van der Waals surface area contributed by atoms with Crippen molar-refractivity contribution in [3.8, 4) is 0 Å². The number of nitrogens with zero attached hydrogens (tertiary/aromatic N) is 4. The zero-order valence-corrected chi connectivity index (χ0v) is 12.7. The summed E-state index contributed by atoms with van der Waals surface area (Å²) in [6.45, 7) is 1.07. The van der Waals surface area contributed by atoms with Gasteiger partial charge in [-0.25, -0.2) is 17.8 Å². The number of benzene rings is 1. The second-order valence-corrected chi connectivity index (χ2v) is 6.87. The number of likely N-dealkylation sites (tertiary alicyclic amines) is 1. The molecule has 0 bridgehead atoms. The standard InChI is InChI=1S/C13H15N5O3S/c1-14-22(20,21)12-4-2-3-10(7-12)13(19)17-8-11(9-17)18-6-5-15-16-18/h2-7,11,14H,8-9H2,1H3. The Morgan fingerprint density at radius 1 is 1.36 bits per heavy atom. The van der Waals surface area contributed by atoms with Crippen molar-refractivity contribution in [2.45, 2.75) is 10.9 Å². The maximum absolute atomic E-state index is 12.4. The van der Waals surface area contributed by atoms with Gasteiger partial charge in [0, 0.05) is 24.8 Å². The topological polar surface area (TPSA) is 97.2 Å². The highest BCUT2D eigenvalue weighted by Crippen LogP contribution is 2.23. The van der Waals surface area contributed by atoms with Gasteiger partial charge in [0.2, 0.25) is 10.0 Å². The van der Waals surface area contributed by atoms with E-state index in [0.717, 1.165) is 0 Å². The Morgan fingerprint density at radius 3 is 2.77 bits per heavy atom. The number of nitrogens with one attached hydrogen (secondary N) is 1. The molecule has 1 fully saturated rings. The SMILES string of the molecule is CNS(=O)(=O)c1cccc(C(=O)N2CC(n3ccnn3)C2)c1. The summed E-state index contributed by atoms with van der Waals surface area (Å²) in [5, 5.41) is 7.64. The fraction of sp³-hybridized carbons (Fsp3) is 0.308. The average molecular weight is 321 g/mol. The molecule has 2 aromatic rings. The first-order valence-corrected chi connectivity index (χ1v) is 8.18. The van der Waals surface area contributed by atoms with E-state index in [1.54, 1.807) is 34.1 Å². The van der Waals surface area contributed by atoms with Gasteiger partial charge < -0.3 is 4.90 Å². The molecule has 0 spiro atoms. The van der Waals surface area contributed by atoms with Crippen LogP contribution < -0.4 is 4.72 Å². The molecule has 0 saturated carbocycles. The van der Waals surface area contributed by atoms with E-state index in [2.05, 4.69) is 15.0 Å². The number of amides is 1. The van der Waals surface area contributed by atoms with Gasteiger partial charge in [-0.2, -0.15) is 0 Å². The lowest BCUT2D eigenvalue weighted by molar-refractivity contribution is 0.0498. The normalized spacial score (nSPS) is 15.6. The van der Waals surface area contributed by atoms with E-state index < -0.39 is 10.0 Å². The van der Waals surface area contributed by atoms with Crippen LogP contribution in [0.15, 0.2) is 41.6 Å². The maximum atomic E-state index is 12.4. The fourth-order valence-corrected chi connectivity index (χ4v) is 3.07. The van der Waals surface area contributed by atoms with Crippen molar-refractivity contribution in [2.24, 2.45) is 0 Å². The van der Waals surface area contributed by atoms with Crippen LogP contribution in [0.2, 0.25) is 0 Å². The molecule has 1 amide bonds. The van der Waals surface area contributed by atoms with Crippen molar-refractivity contribution in [1.82, 2.24) is 24.6 Å². The summed E-state index contributed by atoms with van der Waals surface area (Å²) in [4.78, 5) is 14.1. The highest BCUT2D eigenvalue weighted by Gasteiger charge is 2.33. The molecule has 0 aliphatic carbocycles. The highest BCUT2D eigenvalue weighted by molar-refractivity contribution is 7.89. The van der Waals surface area contributed by atoms with Crippen LogP contribution >= 0.6 is 0 Å². The number of carbonyl (C=O) groups is 1. The number of hydrogen-bond donors (Lipinski definition) is 1. The molecule has 3 rings (SSSR count). The second-order valence-electron chi connectivity index (χ2n) is 4.98. The molecule has 116 valence electrons. The van der Waals surface area contributed by atoms with E-state index in [4.69, 9.17) is 0 Å². The number of aromatic nitrogens is 3. The van der Waals surface area contributed by atoms with E-state index in [1.165, 1.54) is 19.2 Å². The summed E-state index contributed by atoms with van der Waals surface area (Å²) < 4.78 is 27.5. The van der Waals surface area contributed by atoms with Crippen LogP contribution in [0.25, 0.3) is 0 Å². The molecule has 1 saturated heterocycles. The smallest absolute Gasteiger partial charge is 0.254 e. The molecule has 1 aliphatic rings. The van der Waals surface area contributed by atoms with E-state index in [-0.39, 0.29) is 16.8 Å². The minimum Gasteiger partial charge on any atom is -0.334 e. The predicted molar refractivity (Wildman–Crippen MR) is 77.7 cm³/mol. The van der Waals surface area contributed by atoms with Gasteiger partial charge >= 0.3 is 0 Å². The van der Waals surface area contributed by atoms with Gasteiger partial charge in [0.15, 0.2) is 0 Å². The van der Waals surface area contributed by atoms with E-state index in [1.807, 2.05) is 0 Å². The van der Waals surface area contributed by atoms with Crippen LogP contribution in [0, 0.1) is 0 Å². The van der Waals surface area contributed by atoms with E-state index >= 15 is 0 Å². The molecule has 1 aliphatic heterocycles. The Balaban J connectivity index is 1.73. The largest absolute Gasteiger partial charge is 0.334 e. The summed E-state index contributed by atoms with van der Waals surface area (Å²) in [7, 11) is -2.22. The number of carbonyl (C=O) groups excluding carboxylic acids is 1. The third-order valence-electron chi connectivity index (χ3n) is 3.62. The third-order valence-corrected chi connectivity index (χ3v) is 5.04. The van der Waals surface area contributed by atoms with Crippen LogP contribution in [0.5, 0.6) is 0 Å². The summed E-state index contributed by atoms with van der Waals surface area (Å²) in [6, 6.07) is 6.13. The van der Waals surface area contributed by atoms with Gasteiger partial charge in [-0.1, -0.05) is 11.3 Å². The quantitative estimate of drug-likeness (QED) is 0.847. The molecular weight excluding hydrogens is 306 g/mol. The van der Waals surface area contributed by atoms with Crippen LogP contribution in [0.3, 0.4) is 0 Å². The van der Waals surface area contributed by atoms with Gasteiger partial charge in [-0.05, 0) is 25.2 Å². The summed E-state index contributed by atoms with van der Waals surface area (Å²) in [5.74, 6) is -0.190. The zero-order valence-electron chi connectivity index (χ0n) is 11.9. The molecule has 1 aromatic carbocycles. The third kappa shape index (κ3) is 2.60. The van der Waals surface area contributed by atoms with Gasteiger partial charge in [0.25, 0.3) is 5.91 Å². The fourth-order valence-electron chi connectivity index (χ4n) is 2.30. The number of sulfonamides is 1. The molecule has 0 atom stereocenters. The first kappa shape index (κ1) is 14.7. The lowest BCUT2D eigenvalue weighted by atomic mass is 10.1. The van der Waals surface area contributed by atoms with Gasteiger partial charge in [0.1, 0.15) is 0 Å². The molecule has 2 heterocycles. The molecule has 1 aromatic heterocycles. The van der Waals surface area contributed by atoms with Crippen molar-refractivity contribution >= 4 is 15.9 Å². The molecule has 0 unspecified atom stereocenters. The Hall–Kier alpha value is -2.26. The molecular formula is C13H15N5O3S. The van der Waals surface area contributed by atoms with Crippen molar-refractivity contribution < 1.29 is 13.2 Å². The monoisotopic (exact) mass is 321 g/mol. The van der Waals surface area contributed by atoms with Crippen molar-refractivity contribution in [1.29, 1.82) is 0 Å². The molecule has 1 N–H and O–H groups in total. The zero-order chi connectivity index (χ0) is 15.7. The van der Waals surface area contributed by atoms with Gasteiger partial charge in [-0.3, -0.25) is 4.79 Å². The van der Waals surface area contributed by atoms with Crippen LogP contribution in [0.1, 0.15) is 16.4 Å². The van der Waals surface area contributed by atoms with Crippen molar-refractivity contribution in [2.75, 3.05) is 20.1 Å². The summed E-state index contributed by atoms with van der Waals surface area (Å²) >= 11 is 0. The van der Waals surface area contributed by atoms with Crippen LogP contribution in [-0.2, 0) is 10.0 Å². The Bertz CT molecular complexity index is 782. The molecule has 0 radical (unpaired) electrons. The number of hydrogen-bond acceptors (Lipinski definition) is 5. The average Bonchev–Trinajstić information content (AvgIpc) is 2.99. The lowest BCUT2D eigenvalue weighted by Crippen LogP contribution is -2.50. The van der Waals surface area contributed by atoms with Gasteiger partial charge in [0.05, 0.1) is 17.1 Å². The minimum atomic E-state index is -3.56. The van der Waals surface area contributed by atoms with Gasteiger partial charge in [-0.15, -0.1) is 5.10 Å². The predicted octanol–water partition coefficient (Wildman–Crippen LogP) is -0.117. The Morgan fingerprint density at radius 2 is 2.14 bits per heavy atom. The van der Waals surface area contributed by atoms with Crippen LogP contribution in [-0.4, -0.2) is 54.4 Å². The van der Waals surface area contributed by atoms with Crippen molar-refractivity contribution in [3.63, 3.8) is 0 Å². The number of rotatable bonds is 4. The maximum Gasteiger partial charge on any atom is 0.254 e. The van der Waals surface area contributed by atoms with Crippen molar-refractivity contribution in [3.05, 3.63) is 42.2 Å². The Kier molecular flexibility index (Phi) is 3.67. The van der Waals surface area contributed by atoms with E-state index in [0.29, 0.717) is 18.7 Å². The summed E-state index contributed by atoms with van der Waals surface area (Å²) in [5.41, 5.74) is 0.355. The minimum absolute atomic E-state index is 0.0780. The highest BCUT2D eigenvalue weighted by atomic mass is 32.2. The van der Waals surface area contributed by atoms with E-state index in [9.17, 15) is 13.2 Å². The Labute approximate surface area is 127 Å². The molecule has 22 heavy (non-hydrogen) atoms. The first-order valence-electron chi connectivity index (χ1n) is 6.70. The molecule has 9 heteroatoms. The lowest BCUT2D eigenvalue weighted by Gasteiger charge is -2.38. The van der Waals surface area contributed by atoms with Crippen LogP contribution in [0.4, 0.5) is 0 Å². The summed E-state index contributed by atoms with van der Waals surface area (Å²) in [6.07, 6.45) is 3.35.